The SMILES string of the molecule is CC1(n2cc(OC(=O)O)c(=O)c3cc(F)c(N4CCNC(c5ccccc5)C4)c(Cl)c32)CC1. The summed E-state index contributed by atoms with van der Waals surface area (Å²) in [6.07, 6.45) is 1.42. The van der Waals surface area contributed by atoms with E-state index in [2.05, 4.69) is 5.32 Å². The second-order valence-electron chi connectivity index (χ2n) is 8.84. The average molecular weight is 472 g/mol. The van der Waals surface area contributed by atoms with Crippen molar-refractivity contribution in [3.63, 3.8) is 0 Å². The van der Waals surface area contributed by atoms with Crippen molar-refractivity contribution in [2.24, 2.45) is 0 Å². The van der Waals surface area contributed by atoms with Gasteiger partial charge in [-0.3, -0.25) is 4.79 Å². The van der Waals surface area contributed by atoms with Crippen LogP contribution in [0.3, 0.4) is 0 Å². The number of halogens is 2. The van der Waals surface area contributed by atoms with Crippen LogP contribution in [-0.4, -0.2) is 35.5 Å². The van der Waals surface area contributed by atoms with Crippen LogP contribution in [0.1, 0.15) is 31.4 Å². The number of carboxylic acid groups (broad SMARTS) is 1. The van der Waals surface area contributed by atoms with E-state index in [4.69, 9.17) is 21.4 Å². The van der Waals surface area contributed by atoms with Crippen LogP contribution in [0.2, 0.25) is 5.02 Å². The molecule has 0 radical (unpaired) electrons. The van der Waals surface area contributed by atoms with Gasteiger partial charge < -0.3 is 24.6 Å². The number of pyridine rings is 1. The predicted molar refractivity (Wildman–Crippen MR) is 124 cm³/mol. The number of ether oxygens (including phenoxy) is 1. The Labute approximate surface area is 194 Å². The molecule has 2 aromatic carbocycles. The summed E-state index contributed by atoms with van der Waals surface area (Å²) in [5.41, 5.74) is 0.679. The van der Waals surface area contributed by atoms with E-state index in [1.165, 1.54) is 6.20 Å². The van der Waals surface area contributed by atoms with Gasteiger partial charge in [-0.05, 0) is 31.4 Å². The fraction of sp³-hybridized carbons (Fsp3) is 0.333. The second-order valence-corrected chi connectivity index (χ2v) is 9.22. The standard InChI is InChI=1S/C24H23ClFN3O4/c1-24(7-8-24)29-13-18(33-23(31)32)22(30)15-11-16(26)21(19(25)20(15)29)28-10-9-27-17(12-28)14-5-3-2-4-6-14/h2-6,11,13,17,27H,7-10,12H2,1H3,(H,31,32). The summed E-state index contributed by atoms with van der Waals surface area (Å²) in [4.78, 5) is 25.9. The number of anilines is 1. The lowest BCUT2D eigenvalue weighted by Gasteiger charge is -2.36. The van der Waals surface area contributed by atoms with Crippen molar-refractivity contribution >= 4 is 34.3 Å². The third kappa shape index (κ3) is 3.83. The Bertz CT molecular complexity index is 1310. The number of hydrogen-bond acceptors (Lipinski definition) is 5. The quantitative estimate of drug-likeness (QED) is 0.545. The first-order chi connectivity index (χ1) is 15.8. The zero-order chi connectivity index (χ0) is 23.3. The Kier molecular flexibility index (Phi) is 5.29. The third-order valence-corrected chi connectivity index (χ3v) is 6.93. The number of hydrogen-bond donors (Lipinski definition) is 2. The maximum atomic E-state index is 15.5. The second kappa shape index (κ2) is 8.04. The fourth-order valence-corrected chi connectivity index (χ4v) is 4.95. The molecule has 172 valence electrons. The lowest BCUT2D eigenvalue weighted by molar-refractivity contribution is 0.143. The fourth-order valence-electron chi connectivity index (χ4n) is 4.55. The lowest BCUT2D eigenvalue weighted by atomic mass is 10.0. The molecule has 2 fully saturated rings. The third-order valence-electron chi connectivity index (χ3n) is 6.57. The van der Waals surface area contributed by atoms with Gasteiger partial charge in [0, 0.05) is 31.2 Å². The molecule has 0 bridgehead atoms. The van der Waals surface area contributed by atoms with Crippen molar-refractivity contribution in [1.29, 1.82) is 0 Å². The highest BCUT2D eigenvalue weighted by molar-refractivity contribution is 6.38. The minimum absolute atomic E-state index is 0.000554. The molecule has 1 aliphatic carbocycles. The predicted octanol–water partition coefficient (Wildman–Crippen LogP) is 4.51. The molecule has 0 amide bonds. The van der Waals surface area contributed by atoms with Gasteiger partial charge in [0.05, 0.1) is 27.8 Å². The molecule has 0 spiro atoms. The van der Waals surface area contributed by atoms with Gasteiger partial charge in [0.25, 0.3) is 0 Å². The topological polar surface area (TPSA) is 83.8 Å². The molecule has 2 aliphatic rings. The molecule has 1 aliphatic heterocycles. The van der Waals surface area contributed by atoms with Gasteiger partial charge in [-0.2, -0.15) is 0 Å². The first-order valence-electron chi connectivity index (χ1n) is 10.8. The molecule has 1 saturated carbocycles. The molecule has 1 aromatic heterocycles. The van der Waals surface area contributed by atoms with Crippen LogP contribution in [-0.2, 0) is 5.54 Å². The Balaban J connectivity index is 1.65. The van der Waals surface area contributed by atoms with Crippen LogP contribution < -0.4 is 20.4 Å². The Hall–Kier alpha value is -3.10. The van der Waals surface area contributed by atoms with E-state index in [1.54, 1.807) is 4.57 Å². The number of nitrogens with one attached hydrogen (secondary N) is 1. The number of nitrogens with zero attached hydrogens (tertiary/aromatic N) is 2. The van der Waals surface area contributed by atoms with Gasteiger partial charge >= 0.3 is 6.16 Å². The number of carbonyl (C=O) groups is 1. The molecule has 1 atom stereocenters. The van der Waals surface area contributed by atoms with Gasteiger partial charge in [0.2, 0.25) is 5.43 Å². The Morgan fingerprint density at radius 2 is 2.03 bits per heavy atom. The summed E-state index contributed by atoms with van der Waals surface area (Å²) in [5.74, 6) is -0.990. The summed E-state index contributed by atoms with van der Waals surface area (Å²) in [5, 5.41) is 12.6. The molecule has 2 heterocycles. The first-order valence-corrected chi connectivity index (χ1v) is 11.2. The zero-order valence-electron chi connectivity index (χ0n) is 18.0. The summed E-state index contributed by atoms with van der Waals surface area (Å²) < 4.78 is 21.9. The highest BCUT2D eigenvalue weighted by Crippen LogP contribution is 2.47. The van der Waals surface area contributed by atoms with Crippen LogP contribution >= 0.6 is 11.6 Å². The monoisotopic (exact) mass is 471 g/mol. The molecule has 33 heavy (non-hydrogen) atoms. The molecule has 3 aromatic rings. The van der Waals surface area contributed by atoms with Gasteiger partial charge in [-0.15, -0.1) is 0 Å². The number of aromatic nitrogens is 1. The van der Waals surface area contributed by atoms with Crippen molar-refractivity contribution < 1.29 is 19.0 Å². The summed E-state index contributed by atoms with van der Waals surface area (Å²) in [6.45, 7) is 3.68. The number of benzene rings is 2. The van der Waals surface area contributed by atoms with E-state index in [-0.39, 0.29) is 33.4 Å². The van der Waals surface area contributed by atoms with Gasteiger partial charge in [0.1, 0.15) is 5.82 Å². The van der Waals surface area contributed by atoms with Crippen molar-refractivity contribution in [1.82, 2.24) is 9.88 Å². The largest absolute Gasteiger partial charge is 0.511 e. The van der Waals surface area contributed by atoms with Crippen LogP contribution in [0.5, 0.6) is 5.75 Å². The maximum Gasteiger partial charge on any atom is 0.511 e. The van der Waals surface area contributed by atoms with Gasteiger partial charge in [-0.1, -0.05) is 41.9 Å². The number of fused-ring (bicyclic) bond motifs is 1. The van der Waals surface area contributed by atoms with Crippen molar-refractivity contribution in [3.8, 4) is 5.75 Å². The summed E-state index contributed by atoms with van der Waals surface area (Å²) in [6, 6.07) is 11.1. The highest BCUT2D eigenvalue weighted by atomic mass is 35.5. The lowest BCUT2D eigenvalue weighted by Crippen LogP contribution is -2.46. The van der Waals surface area contributed by atoms with Gasteiger partial charge in [-0.25, -0.2) is 9.18 Å². The zero-order valence-corrected chi connectivity index (χ0v) is 18.7. The van der Waals surface area contributed by atoms with Crippen LogP contribution in [0.15, 0.2) is 47.4 Å². The summed E-state index contributed by atoms with van der Waals surface area (Å²) in [7, 11) is 0. The Morgan fingerprint density at radius 1 is 1.30 bits per heavy atom. The van der Waals surface area contributed by atoms with Crippen LogP contribution in [0.25, 0.3) is 10.9 Å². The molecular formula is C24H23ClFN3O4. The summed E-state index contributed by atoms with van der Waals surface area (Å²) >= 11 is 6.82. The van der Waals surface area contributed by atoms with Crippen molar-refractivity contribution in [2.75, 3.05) is 24.5 Å². The maximum absolute atomic E-state index is 15.5. The minimum atomic E-state index is -1.60. The molecule has 1 unspecified atom stereocenters. The van der Waals surface area contributed by atoms with E-state index in [0.29, 0.717) is 25.2 Å². The number of rotatable bonds is 4. The van der Waals surface area contributed by atoms with E-state index in [1.807, 2.05) is 42.2 Å². The highest BCUT2D eigenvalue weighted by Gasteiger charge is 2.41. The molecule has 2 N–H and O–H groups in total. The van der Waals surface area contributed by atoms with E-state index < -0.39 is 17.4 Å². The van der Waals surface area contributed by atoms with Crippen LogP contribution in [0, 0.1) is 5.82 Å². The minimum Gasteiger partial charge on any atom is -0.449 e. The molecule has 7 nitrogen and oxygen atoms in total. The van der Waals surface area contributed by atoms with Gasteiger partial charge in [0.15, 0.2) is 5.75 Å². The van der Waals surface area contributed by atoms with Crippen molar-refractivity contribution in [3.05, 3.63) is 69.2 Å². The van der Waals surface area contributed by atoms with E-state index >= 15 is 4.39 Å². The number of piperazine rings is 1. The smallest absolute Gasteiger partial charge is 0.449 e. The molecule has 1 saturated heterocycles. The molecular weight excluding hydrogens is 449 g/mol. The van der Waals surface area contributed by atoms with Crippen LogP contribution in [0.4, 0.5) is 14.9 Å². The molecule has 9 heteroatoms. The normalized spacial score (nSPS) is 19.5. The van der Waals surface area contributed by atoms with E-state index in [9.17, 15) is 9.59 Å². The van der Waals surface area contributed by atoms with Crippen molar-refractivity contribution in [2.45, 2.75) is 31.3 Å². The first kappa shape index (κ1) is 21.7. The molecule has 5 rings (SSSR count). The van der Waals surface area contributed by atoms with E-state index in [0.717, 1.165) is 24.5 Å². The average Bonchev–Trinajstić information content (AvgIpc) is 3.55. The Morgan fingerprint density at radius 3 is 2.70 bits per heavy atom.